The highest BCUT2D eigenvalue weighted by Crippen LogP contribution is 2.09. The molecular formula is C13H19NO. The lowest BCUT2D eigenvalue weighted by Crippen LogP contribution is -2.27. The molecule has 0 aliphatic rings. The van der Waals surface area contributed by atoms with Crippen molar-refractivity contribution >= 4 is 5.57 Å². The monoisotopic (exact) mass is 205 g/mol. The van der Waals surface area contributed by atoms with Crippen molar-refractivity contribution in [1.82, 2.24) is 5.32 Å². The first-order chi connectivity index (χ1) is 7.24. The van der Waals surface area contributed by atoms with E-state index in [1.165, 1.54) is 0 Å². The SMILES string of the molecule is C=C(CNCC(O)CC)c1ccccc1. The van der Waals surface area contributed by atoms with Crippen molar-refractivity contribution in [3.8, 4) is 0 Å². The molecule has 0 radical (unpaired) electrons. The molecule has 0 saturated carbocycles. The molecule has 1 unspecified atom stereocenters. The van der Waals surface area contributed by atoms with Crippen LogP contribution in [0, 0.1) is 0 Å². The lowest BCUT2D eigenvalue weighted by atomic mass is 10.1. The zero-order valence-electron chi connectivity index (χ0n) is 9.24. The second-order valence-corrected chi connectivity index (χ2v) is 3.66. The van der Waals surface area contributed by atoms with Crippen LogP contribution in [0.15, 0.2) is 36.9 Å². The molecular weight excluding hydrogens is 186 g/mol. The summed E-state index contributed by atoms with van der Waals surface area (Å²) in [6.07, 6.45) is 0.527. The highest BCUT2D eigenvalue weighted by atomic mass is 16.3. The van der Waals surface area contributed by atoms with Crippen LogP contribution in [-0.2, 0) is 0 Å². The Morgan fingerprint density at radius 3 is 2.67 bits per heavy atom. The van der Waals surface area contributed by atoms with Gasteiger partial charge in [-0.25, -0.2) is 0 Å². The van der Waals surface area contributed by atoms with Gasteiger partial charge in [0, 0.05) is 13.1 Å². The fraction of sp³-hybridized carbons (Fsp3) is 0.385. The molecule has 2 heteroatoms. The van der Waals surface area contributed by atoms with Gasteiger partial charge in [-0.15, -0.1) is 0 Å². The van der Waals surface area contributed by atoms with Crippen LogP contribution >= 0.6 is 0 Å². The van der Waals surface area contributed by atoms with Crippen molar-refractivity contribution in [2.75, 3.05) is 13.1 Å². The standard InChI is InChI=1S/C13H19NO/c1-3-13(15)10-14-9-11(2)12-7-5-4-6-8-12/h4-8,13-15H,2-3,9-10H2,1H3. The lowest BCUT2D eigenvalue weighted by molar-refractivity contribution is 0.169. The van der Waals surface area contributed by atoms with Crippen molar-refractivity contribution in [2.45, 2.75) is 19.4 Å². The molecule has 1 aromatic rings. The van der Waals surface area contributed by atoms with E-state index < -0.39 is 0 Å². The van der Waals surface area contributed by atoms with E-state index in [0.29, 0.717) is 6.54 Å². The number of rotatable bonds is 6. The summed E-state index contributed by atoms with van der Waals surface area (Å²) in [6.45, 7) is 7.32. The summed E-state index contributed by atoms with van der Waals surface area (Å²) < 4.78 is 0. The molecule has 0 amide bonds. The number of nitrogens with one attached hydrogen (secondary N) is 1. The van der Waals surface area contributed by atoms with Crippen LogP contribution in [0.2, 0.25) is 0 Å². The van der Waals surface area contributed by atoms with E-state index in [1.54, 1.807) is 0 Å². The highest BCUT2D eigenvalue weighted by molar-refractivity contribution is 5.64. The van der Waals surface area contributed by atoms with Crippen LogP contribution in [0.5, 0.6) is 0 Å². The Kier molecular flexibility index (Phi) is 5.08. The summed E-state index contributed by atoms with van der Waals surface area (Å²) in [6, 6.07) is 10.1. The Hall–Kier alpha value is -1.12. The Balaban J connectivity index is 2.31. The molecule has 0 aliphatic carbocycles. The van der Waals surface area contributed by atoms with Gasteiger partial charge in [0.2, 0.25) is 0 Å². The minimum absolute atomic E-state index is 0.256. The molecule has 0 spiro atoms. The fourth-order valence-electron chi connectivity index (χ4n) is 1.31. The van der Waals surface area contributed by atoms with Gasteiger partial charge in [0.25, 0.3) is 0 Å². The van der Waals surface area contributed by atoms with Crippen molar-refractivity contribution in [2.24, 2.45) is 0 Å². The van der Waals surface area contributed by atoms with Crippen LogP contribution in [0.4, 0.5) is 0 Å². The third kappa shape index (κ3) is 4.28. The van der Waals surface area contributed by atoms with Crippen molar-refractivity contribution in [3.63, 3.8) is 0 Å². The van der Waals surface area contributed by atoms with E-state index in [2.05, 4.69) is 11.9 Å². The summed E-state index contributed by atoms with van der Waals surface area (Å²) in [7, 11) is 0. The number of aliphatic hydroxyl groups excluding tert-OH is 1. The summed E-state index contributed by atoms with van der Waals surface area (Å²) in [5, 5.41) is 12.5. The van der Waals surface area contributed by atoms with E-state index >= 15 is 0 Å². The predicted molar refractivity (Wildman–Crippen MR) is 64.6 cm³/mol. The fourth-order valence-corrected chi connectivity index (χ4v) is 1.31. The maximum absolute atomic E-state index is 9.35. The quantitative estimate of drug-likeness (QED) is 0.745. The number of hydrogen-bond acceptors (Lipinski definition) is 2. The average molecular weight is 205 g/mol. The third-order valence-corrected chi connectivity index (χ3v) is 2.37. The molecule has 1 atom stereocenters. The first kappa shape index (κ1) is 12.0. The van der Waals surface area contributed by atoms with E-state index in [9.17, 15) is 5.11 Å². The summed E-state index contributed by atoms with van der Waals surface area (Å²) >= 11 is 0. The first-order valence-electron chi connectivity index (χ1n) is 5.36. The Morgan fingerprint density at radius 1 is 1.40 bits per heavy atom. The van der Waals surface area contributed by atoms with Crippen molar-refractivity contribution in [3.05, 3.63) is 42.5 Å². The van der Waals surface area contributed by atoms with Gasteiger partial charge < -0.3 is 10.4 Å². The second-order valence-electron chi connectivity index (χ2n) is 3.66. The summed E-state index contributed by atoms with van der Waals surface area (Å²) in [5.41, 5.74) is 2.20. The van der Waals surface area contributed by atoms with Gasteiger partial charge in [0.15, 0.2) is 0 Å². The van der Waals surface area contributed by atoms with Crippen LogP contribution < -0.4 is 5.32 Å². The molecule has 0 bridgehead atoms. The molecule has 0 aromatic heterocycles. The van der Waals surface area contributed by atoms with Gasteiger partial charge in [-0.2, -0.15) is 0 Å². The van der Waals surface area contributed by atoms with E-state index in [4.69, 9.17) is 0 Å². The van der Waals surface area contributed by atoms with Gasteiger partial charge in [-0.1, -0.05) is 43.8 Å². The normalized spacial score (nSPS) is 12.4. The summed E-state index contributed by atoms with van der Waals surface area (Å²) in [4.78, 5) is 0. The van der Waals surface area contributed by atoms with Crippen LogP contribution in [0.3, 0.4) is 0 Å². The lowest BCUT2D eigenvalue weighted by Gasteiger charge is -2.11. The summed E-state index contributed by atoms with van der Waals surface area (Å²) in [5.74, 6) is 0. The molecule has 2 N–H and O–H groups in total. The number of benzene rings is 1. The Labute approximate surface area is 91.6 Å². The molecule has 82 valence electrons. The Bertz CT molecular complexity index is 295. The maximum atomic E-state index is 9.35. The molecule has 0 saturated heterocycles. The van der Waals surface area contributed by atoms with Gasteiger partial charge >= 0.3 is 0 Å². The molecule has 0 heterocycles. The van der Waals surface area contributed by atoms with E-state index in [-0.39, 0.29) is 6.10 Å². The van der Waals surface area contributed by atoms with Gasteiger partial charge in [-0.3, -0.25) is 0 Å². The predicted octanol–water partition coefficient (Wildman–Crippen LogP) is 2.06. The average Bonchev–Trinajstić information content (AvgIpc) is 2.29. The zero-order chi connectivity index (χ0) is 11.1. The molecule has 15 heavy (non-hydrogen) atoms. The molecule has 1 aromatic carbocycles. The molecule has 0 fully saturated rings. The Morgan fingerprint density at radius 2 is 2.07 bits per heavy atom. The molecule has 0 aliphatic heterocycles. The van der Waals surface area contributed by atoms with E-state index in [0.717, 1.165) is 24.1 Å². The number of aliphatic hydroxyl groups is 1. The second kappa shape index (κ2) is 6.38. The molecule has 1 rings (SSSR count). The largest absolute Gasteiger partial charge is 0.392 e. The molecule has 2 nitrogen and oxygen atoms in total. The zero-order valence-corrected chi connectivity index (χ0v) is 9.24. The highest BCUT2D eigenvalue weighted by Gasteiger charge is 2.01. The van der Waals surface area contributed by atoms with Crippen LogP contribution in [0.1, 0.15) is 18.9 Å². The maximum Gasteiger partial charge on any atom is 0.0662 e. The minimum atomic E-state index is -0.256. The third-order valence-electron chi connectivity index (χ3n) is 2.37. The van der Waals surface area contributed by atoms with Gasteiger partial charge in [0.05, 0.1) is 6.10 Å². The van der Waals surface area contributed by atoms with Crippen LogP contribution in [-0.4, -0.2) is 24.3 Å². The minimum Gasteiger partial charge on any atom is -0.392 e. The first-order valence-corrected chi connectivity index (χ1v) is 5.36. The van der Waals surface area contributed by atoms with Crippen LogP contribution in [0.25, 0.3) is 5.57 Å². The van der Waals surface area contributed by atoms with Gasteiger partial charge in [-0.05, 0) is 17.6 Å². The van der Waals surface area contributed by atoms with E-state index in [1.807, 2.05) is 37.3 Å². The van der Waals surface area contributed by atoms with Crippen molar-refractivity contribution < 1.29 is 5.11 Å². The van der Waals surface area contributed by atoms with Crippen molar-refractivity contribution in [1.29, 1.82) is 0 Å². The smallest absolute Gasteiger partial charge is 0.0662 e. The number of hydrogen-bond donors (Lipinski definition) is 2. The van der Waals surface area contributed by atoms with Gasteiger partial charge in [0.1, 0.15) is 0 Å². The topological polar surface area (TPSA) is 32.3 Å².